The van der Waals surface area contributed by atoms with E-state index in [9.17, 15) is 15.0 Å². The molecule has 2 fully saturated rings. The van der Waals surface area contributed by atoms with E-state index in [1.807, 2.05) is 18.5 Å². The van der Waals surface area contributed by atoms with Crippen LogP contribution in [-0.4, -0.2) is 87.0 Å². The molecule has 32 heavy (non-hydrogen) atoms. The predicted molar refractivity (Wildman–Crippen MR) is 122 cm³/mol. The van der Waals surface area contributed by atoms with E-state index in [4.69, 9.17) is 4.74 Å². The van der Waals surface area contributed by atoms with E-state index in [0.29, 0.717) is 31.7 Å². The van der Waals surface area contributed by atoms with E-state index >= 15 is 0 Å². The summed E-state index contributed by atoms with van der Waals surface area (Å²) in [6, 6.07) is 2.33. The minimum absolute atomic E-state index is 0.0638. The normalized spacial score (nSPS) is 21.9. The van der Waals surface area contributed by atoms with Gasteiger partial charge in [-0.1, -0.05) is 13.8 Å². The van der Waals surface area contributed by atoms with Gasteiger partial charge in [0.2, 0.25) is 0 Å². The van der Waals surface area contributed by atoms with Gasteiger partial charge in [-0.2, -0.15) is 0 Å². The molecular formula is C23H35N5O4. The first-order chi connectivity index (χ1) is 15.3. The highest BCUT2D eigenvalue weighted by Gasteiger charge is 2.28. The van der Waals surface area contributed by atoms with Crippen LogP contribution in [0.4, 0.5) is 10.5 Å². The van der Waals surface area contributed by atoms with Gasteiger partial charge in [-0.05, 0) is 37.3 Å². The van der Waals surface area contributed by atoms with Crippen molar-refractivity contribution in [3.63, 3.8) is 0 Å². The first kappa shape index (κ1) is 22.8. The van der Waals surface area contributed by atoms with Gasteiger partial charge in [-0.15, -0.1) is 0 Å². The van der Waals surface area contributed by atoms with Gasteiger partial charge >= 0.3 is 6.09 Å². The Morgan fingerprint density at radius 3 is 2.69 bits per heavy atom. The Labute approximate surface area is 189 Å². The average Bonchev–Trinajstić information content (AvgIpc) is 3.20. The van der Waals surface area contributed by atoms with E-state index < -0.39 is 12.2 Å². The number of piperidine rings is 1. The quantitative estimate of drug-likeness (QED) is 0.628. The number of hydrogen-bond acceptors (Lipinski definition) is 6. The third-order valence-corrected chi connectivity index (χ3v) is 6.55. The molecule has 0 radical (unpaired) electrons. The Morgan fingerprint density at radius 1 is 1.28 bits per heavy atom. The van der Waals surface area contributed by atoms with Crippen molar-refractivity contribution in [1.82, 2.24) is 19.2 Å². The van der Waals surface area contributed by atoms with Crippen molar-refractivity contribution in [1.29, 1.82) is 0 Å². The fourth-order valence-corrected chi connectivity index (χ4v) is 4.66. The highest BCUT2D eigenvalue weighted by atomic mass is 16.5. The molecule has 0 aromatic carbocycles. The number of hydrogen-bond donors (Lipinski definition) is 3. The second kappa shape index (κ2) is 9.64. The van der Waals surface area contributed by atoms with Crippen molar-refractivity contribution in [2.24, 2.45) is 0 Å². The van der Waals surface area contributed by atoms with Crippen molar-refractivity contribution in [3.05, 3.63) is 29.7 Å². The van der Waals surface area contributed by atoms with E-state index in [1.54, 1.807) is 6.92 Å². The van der Waals surface area contributed by atoms with E-state index in [-0.39, 0.29) is 6.10 Å². The van der Waals surface area contributed by atoms with Crippen molar-refractivity contribution in [3.8, 4) is 0 Å². The lowest BCUT2D eigenvalue weighted by atomic mass is 10.0. The molecule has 2 aromatic rings. The Balaban J connectivity index is 1.39. The average molecular weight is 446 g/mol. The molecule has 2 aliphatic heterocycles. The number of nitrogens with one attached hydrogen (secondary N) is 1. The number of rotatable bonds is 6. The number of ether oxygens (including phenoxy) is 1. The van der Waals surface area contributed by atoms with E-state index in [1.165, 1.54) is 4.90 Å². The maximum atomic E-state index is 11.2. The van der Waals surface area contributed by atoms with Crippen LogP contribution in [0, 0.1) is 0 Å². The van der Waals surface area contributed by atoms with Gasteiger partial charge in [0.1, 0.15) is 0 Å². The van der Waals surface area contributed by atoms with Gasteiger partial charge < -0.3 is 34.5 Å². The second-order valence-corrected chi connectivity index (χ2v) is 9.34. The number of aliphatic hydroxyl groups is 1. The molecule has 9 nitrogen and oxygen atoms in total. The zero-order chi connectivity index (χ0) is 22.8. The molecule has 0 bridgehead atoms. The molecule has 1 amide bonds. The number of likely N-dealkylation sites (tertiary alicyclic amines) is 1. The predicted octanol–water partition coefficient (Wildman–Crippen LogP) is 2.77. The smallest absolute Gasteiger partial charge is 0.407 e. The van der Waals surface area contributed by atoms with Crippen LogP contribution in [0.2, 0.25) is 0 Å². The number of amides is 1. The van der Waals surface area contributed by atoms with Gasteiger partial charge in [-0.25, -0.2) is 9.78 Å². The third kappa shape index (κ3) is 5.00. The van der Waals surface area contributed by atoms with Gasteiger partial charge in [0.25, 0.3) is 0 Å². The number of morpholine rings is 1. The van der Waals surface area contributed by atoms with Crippen LogP contribution in [0.15, 0.2) is 18.5 Å². The van der Waals surface area contributed by atoms with Crippen molar-refractivity contribution in [2.45, 2.75) is 57.8 Å². The molecule has 2 saturated heterocycles. The maximum absolute atomic E-state index is 11.2. The summed E-state index contributed by atoms with van der Waals surface area (Å²) in [4.78, 5) is 19.7. The molecule has 2 aliphatic rings. The number of pyridine rings is 1. The maximum Gasteiger partial charge on any atom is 0.407 e. The van der Waals surface area contributed by atoms with Crippen LogP contribution in [0.3, 0.4) is 0 Å². The number of aromatic nitrogens is 2. The molecule has 0 saturated carbocycles. The highest BCUT2D eigenvalue weighted by Crippen LogP contribution is 2.28. The van der Waals surface area contributed by atoms with Crippen LogP contribution in [0.5, 0.6) is 0 Å². The monoisotopic (exact) mass is 445 g/mol. The molecule has 4 rings (SSSR count). The Hall–Kier alpha value is -2.36. The highest BCUT2D eigenvalue weighted by molar-refractivity contribution is 5.69. The molecule has 1 unspecified atom stereocenters. The molecule has 3 N–H and O–H groups in total. The molecule has 176 valence electrons. The van der Waals surface area contributed by atoms with Gasteiger partial charge in [0.15, 0.2) is 5.65 Å². The molecule has 0 aliphatic carbocycles. The van der Waals surface area contributed by atoms with Crippen molar-refractivity contribution in [2.75, 3.05) is 44.6 Å². The summed E-state index contributed by atoms with van der Waals surface area (Å²) in [6.45, 7) is 10.1. The Bertz CT molecular complexity index is 936. The minimum atomic E-state index is -0.869. The Kier molecular flexibility index (Phi) is 6.88. The summed E-state index contributed by atoms with van der Waals surface area (Å²) in [6.07, 6.45) is 4.39. The molecule has 0 spiro atoms. The number of carbonyl (C=O) groups is 1. The summed E-state index contributed by atoms with van der Waals surface area (Å²) < 4.78 is 7.89. The van der Waals surface area contributed by atoms with E-state index in [2.05, 4.69) is 33.4 Å². The summed E-state index contributed by atoms with van der Waals surface area (Å²) in [7, 11) is 0. The number of nitrogens with zero attached hydrogens (tertiary/aromatic N) is 4. The molecule has 9 heteroatoms. The molecule has 4 heterocycles. The van der Waals surface area contributed by atoms with Crippen LogP contribution < -0.4 is 5.32 Å². The van der Waals surface area contributed by atoms with Crippen LogP contribution in [-0.2, 0) is 4.74 Å². The summed E-state index contributed by atoms with van der Waals surface area (Å²) in [5.41, 5.74) is 3.85. The summed E-state index contributed by atoms with van der Waals surface area (Å²) in [5, 5.41) is 23.1. The fourth-order valence-electron chi connectivity index (χ4n) is 4.66. The van der Waals surface area contributed by atoms with Gasteiger partial charge in [0.05, 0.1) is 31.0 Å². The van der Waals surface area contributed by atoms with Crippen LogP contribution in [0.25, 0.3) is 5.65 Å². The molecular weight excluding hydrogens is 410 g/mol. The number of fused-ring (bicyclic) bond motifs is 1. The van der Waals surface area contributed by atoms with Crippen molar-refractivity contribution < 1.29 is 19.7 Å². The topological polar surface area (TPSA) is 103 Å². The Morgan fingerprint density at radius 2 is 2.03 bits per heavy atom. The van der Waals surface area contributed by atoms with Gasteiger partial charge in [-0.3, -0.25) is 0 Å². The number of carboxylic acid groups (broad SMARTS) is 1. The SMILES string of the molecule is CC(C)c1cnc2c(NC3CCN(C[C@@H]4CN(C(=O)O)CCO4)CC3)cc(C(C)O)cn12. The molecule has 2 aromatic heterocycles. The largest absolute Gasteiger partial charge is 0.465 e. The van der Waals surface area contributed by atoms with Crippen LogP contribution in [0.1, 0.15) is 56.9 Å². The number of imidazole rings is 1. The zero-order valence-corrected chi connectivity index (χ0v) is 19.2. The minimum Gasteiger partial charge on any atom is -0.465 e. The van der Waals surface area contributed by atoms with Crippen molar-refractivity contribution >= 4 is 17.4 Å². The molecule has 2 atom stereocenters. The standard InChI is InChI=1S/C23H35N5O4/c1-15(2)21-11-24-22-20(10-17(16(3)29)12-28(21)22)25-18-4-6-26(7-5-18)13-19-14-27(23(30)31)8-9-32-19/h10-12,15-16,18-19,25,29H,4-9,13-14H2,1-3H3,(H,30,31)/t16?,19-/m1/s1. The first-order valence-electron chi connectivity index (χ1n) is 11.6. The number of aliphatic hydroxyl groups excluding tert-OH is 1. The first-order valence-corrected chi connectivity index (χ1v) is 11.6. The summed E-state index contributed by atoms with van der Waals surface area (Å²) in [5.74, 6) is 0.337. The van der Waals surface area contributed by atoms with Gasteiger partial charge in [0, 0.05) is 50.3 Å². The fraction of sp³-hybridized carbons (Fsp3) is 0.652. The summed E-state index contributed by atoms with van der Waals surface area (Å²) >= 11 is 0. The van der Waals surface area contributed by atoms with E-state index in [0.717, 1.165) is 55.1 Å². The second-order valence-electron chi connectivity index (χ2n) is 9.34. The third-order valence-electron chi connectivity index (χ3n) is 6.55. The number of anilines is 1. The lowest BCUT2D eigenvalue weighted by Crippen LogP contribution is -2.51. The van der Waals surface area contributed by atoms with Crippen LogP contribution >= 0.6 is 0 Å². The lowest BCUT2D eigenvalue weighted by Gasteiger charge is -2.37. The lowest BCUT2D eigenvalue weighted by molar-refractivity contribution is -0.0389. The zero-order valence-electron chi connectivity index (χ0n) is 19.2.